The van der Waals surface area contributed by atoms with Crippen LogP contribution in [0.3, 0.4) is 0 Å². The molecule has 0 bridgehead atoms. The molecule has 0 radical (unpaired) electrons. The molecule has 0 amide bonds. The van der Waals surface area contributed by atoms with Crippen molar-refractivity contribution in [1.82, 2.24) is 19.8 Å². The normalized spacial score (nSPS) is 23.3. The molecular formula is C18H31IN6O2. The summed E-state index contributed by atoms with van der Waals surface area (Å²) in [7, 11) is 1.75. The van der Waals surface area contributed by atoms with Crippen LogP contribution < -0.4 is 15.8 Å². The minimum atomic E-state index is -0.209. The van der Waals surface area contributed by atoms with E-state index in [1.165, 1.54) is 0 Å². The molecule has 9 heteroatoms. The highest BCUT2D eigenvalue weighted by molar-refractivity contribution is 14.0. The lowest BCUT2D eigenvalue weighted by molar-refractivity contribution is 0.136. The number of rotatable bonds is 4. The summed E-state index contributed by atoms with van der Waals surface area (Å²) < 4.78 is 1.56. The maximum atomic E-state index is 12.3. The van der Waals surface area contributed by atoms with E-state index in [2.05, 4.69) is 22.1 Å². The zero-order chi connectivity index (χ0) is 18.5. The van der Waals surface area contributed by atoms with E-state index in [0.717, 1.165) is 57.9 Å². The lowest BCUT2D eigenvalue weighted by atomic mass is 10.1. The van der Waals surface area contributed by atoms with E-state index in [1.807, 2.05) is 4.90 Å². The van der Waals surface area contributed by atoms with Gasteiger partial charge in [0.25, 0.3) is 5.56 Å². The van der Waals surface area contributed by atoms with Gasteiger partial charge >= 0.3 is 0 Å². The molecule has 0 spiro atoms. The molecule has 1 aromatic heterocycles. The first-order chi connectivity index (χ1) is 12.6. The maximum Gasteiger partial charge on any atom is 0.293 e. The number of aliphatic hydroxyl groups excluding tert-OH is 1. The number of nitrogens with one attached hydrogen (secondary N) is 1. The van der Waals surface area contributed by atoms with Crippen LogP contribution in [0.5, 0.6) is 0 Å². The highest BCUT2D eigenvalue weighted by atomic mass is 127. The Morgan fingerprint density at radius 1 is 1.33 bits per heavy atom. The van der Waals surface area contributed by atoms with Crippen LogP contribution in [0.15, 0.2) is 22.2 Å². The van der Waals surface area contributed by atoms with Crippen molar-refractivity contribution in [3.8, 4) is 0 Å². The first-order valence-electron chi connectivity index (χ1n) is 9.58. The molecule has 1 saturated carbocycles. The lowest BCUT2D eigenvalue weighted by Gasteiger charge is -2.37. The van der Waals surface area contributed by atoms with Crippen LogP contribution in [0.4, 0.5) is 5.82 Å². The van der Waals surface area contributed by atoms with Gasteiger partial charge in [0.15, 0.2) is 11.8 Å². The summed E-state index contributed by atoms with van der Waals surface area (Å²) in [4.78, 5) is 25.6. The number of halogens is 1. The number of aliphatic imine (C=N–C) groups is 1. The van der Waals surface area contributed by atoms with Crippen molar-refractivity contribution in [3.05, 3.63) is 22.7 Å². The molecule has 1 aliphatic carbocycles. The summed E-state index contributed by atoms with van der Waals surface area (Å²) >= 11 is 0. The summed E-state index contributed by atoms with van der Waals surface area (Å²) in [6, 6.07) is 0. The topological polar surface area (TPSA) is 86.0 Å². The highest BCUT2D eigenvalue weighted by Crippen LogP contribution is 2.25. The van der Waals surface area contributed by atoms with E-state index in [1.54, 1.807) is 24.0 Å². The van der Waals surface area contributed by atoms with E-state index >= 15 is 0 Å². The van der Waals surface area contributed by atoms with Gasteiger partial charge in [-0.1, -0.05) is 6.42 Å². The fraction of sp³-hybridized carbons (Fsp3) is 0.722. The standard InChI is InChI=1S/C18H30N6O2.HI/c1-3-19-18(21-13-14-5-4-6-15(14)25)24-11-9-23(10-12-24)16-17(26)22(2)8-7-20-16;/h7-8,14-15,25H,3-6,9-13H2,1-2H3,(H,19,21);1H. The first-order valence-corrected chi connectivity index (χ1v) is 9.58. The average Bonchev–Trinajstić information content (AvgIpc) is 3.06. The van der Waals surface area contributed by atoms with Crippen molar-refractivity contribution in [2.45, 2.75) is 32.3 Å². The first kappa shape index (κ1) is 21.9. The molecule has 1 aromatic rings. The molecule has 8 nitrogen and oxygen atoms in total. The van der Waals surface area contributed by atoms with Crippen LogP contribution in [0.1, 0.15) is 26.2 Å². The van der Waals surface area contributed by atoms with Gasteiger partial charge in [0.2, 0.25) is 0 Å². The molecule has 152 valence electrons. The molecule has 27 heavy (non-hydrogen) atoms. The van der Waals surface area contributed by atoms with E-state index in [9.17, 15) is 9.90 Å². The van der Waals surface area contributed by atoms with Gasteiger partial charge in [-0.05, 0) is 19.8 Å². The third-order valence-corrected chi connectivity index (χ3v) is 5.31. The molecule has 1 aliphatic heterocycles. The van der Waals surface area contributed by atoms with Crippen LogP contribution in [-0.4, -0.2) is 70.9 Å². The van der Waals surface area contributed by atoms with E-state index in [0.29, 0.717) is 12.4 Å². The van der Waals surface area contributed by atoms with Crippen molar-refractivity contribution in [3.63, 3.8) is 0 Å². The number of anilines is 1. The van der Waals surface area contributed by atoms with Crippen LogP contribution in [-0.2, 0) is 7.05 Å². The zero-order valence-corrected chi connectivity index (χ0v) is 18.5. The Kier molecular flexibility index (Phi) is 8.33. The maximum absolute atomic E-state index is 12.3. The third-order valence-electron chi connectivity index (χ3n) is 5.31. The predicted octanol–water partition coefficient (Wildman–Crippen LogP) is 0.647. The summed E-state index contributed by atoms with van der Waals surface area (Å²) in [5.41, 5.74) is -0.0586. The van der Waals surface area contributed by atoms with Crippen LogP contribution >= 0.6 is 24.0 Å². The second-order valence-electron chi connectivity index (χ2n) is 7.09. The largest absolute Gasteiger partial charge is 0.393 e. The summed E-state index contributed by atoms with van der Waals surface area (Å²) in [6.07, 6.45) is 6.18. The van der Waals surface area contributed by atoms with Gasteiger partial charge in [-0.3, -0.25) is 9.79 Å². The molecule has 2 fully saturated rings. The Morgan fingerprint density at radius 2 is 2.07 bits per heavy atom. The zero-order valence-electron chi connectivity index (χ0n) is 16.2. The van der Waals surface area contributed by atoms with Gasteiger partial charge in [0, 0.05) is 64.6 Å². The molecule has 2 N–H and O–H groups in total. The number of aryl methyl sites for hydroxylation is 1. The highest BCUT2D eigenvalue weighted by Gasteiger charge is 2.26. The van der Waals surface area contributed by atoms with Gasteiger partial charge in [0.1, 0.15) is 0 Å². The Morgan fingerprint density at radius 3 is 2.70 bits per heavy atom. The second-order valence-corrected chi connectivity index (χ2v) is 7.09. The fourth-order valence-electron chi connectivity index (χ4n) is 3.69. The smallest absolute Gasteiger partial charge is 0.293 e. The predicted molar refractivity (Wildman–Crippen MR) is 118 cm³/mol. The minimum absolute atomic E-state index is 0. The summed E-state index contributed by atoms with van der Waals surface area (Å²) in [6.45, 7) is 6.61. The van der Waals surface area contributed by atoms with Crippen molar-refractivity contribution >= 4 is 35.8 Å². The monoisotopic (exact) mass is 490 g/mol. The number of aromatic nitrogens is 2. The molecule has 0 aromatic carbocycles. The average molecular weight is 490 g/mol. The van der Waals surface area contributed by atoms with Crippen molar-refractivity contribution in [2.24, 2.45) is 18.0 Å². The minimum Gasteiger partial charge on any atom is -0.393 e. The number of hydrogen-bond acceptors (Lipinski definition) is 5. The molecule has 2 atom stereocenters. The Bertz CT molecular complexity index is 687. The number of aliphatic hydroxyl groups is 1. The van der Waals surface area contributed by atoms with Crippen molar-refractivity contribution < 1.29 is 5.11 Å². The van der Waals surface area contributed by atoms with Gasteiger partial charge in [-0.25, -0.2) is 4.98 Å². The molecule has 1 saturated heterocycles. The fourth-order valence-corrected chi connectivity index (χ4v) is 3.69. The molecule has 3 rings (SSSR count). The summed E-state index contributed by atoms with van der Waals surface area (Å²) in [5, 5.41) is 13.4. The molecule has 2 unspecified atom stereocenters. The second kappa shape index (κ2) is 10.3. The Hall–Kier alpha value is -1.36. The molecule has 2 aliphatic rings. The number of piperazine rings is 1. The van der Waals surface area contributed by atoms with Gasteiger partial charge in [-0.15, -0.1) is 24.0 Å². The van der Waals surface area contributed by atoms with Crippen molar-refractivity contribution in [1.29, 1.82) is 0 Å². The van der Waals surface area contributed by atoms with E-state index in [-0.39, 0.29) is 41.6 Å². The quantitative estimate of drug-likeness (QED) is 0.366. The van der Waals surface area contributed by atoms with Gasteiger partial charge in [0.05, 0.1) is 6.10 Å². The SMILES string of the molecule is CCNC(=NCC1CCCC1O)N1CCN(c2nccn(C)c2=O)CC1.I. The Labute approximate surface area is 177 Å². The molecular weight excluding hydrogens is 459 g/mol. The van der Waals surface area contributed by atoms with E-state index < -0.39 is 0 Å². The van der Waals surface area contributed by atoms with Gasteiger partial charge in [-0.2, -0.15) is 0 Å². The van der Waals surface area contributed by atoms with Crippen LogP contribution in [0, 0.1) is 5.92 Å². The Balaban J connectivity index is 0.00000261. The summed E-state index contributed by atoms with van der Waals surface area (Å²) in [5.74, 6) is 1.70. The number of guanidine groups is 1. The third kappa shape index (κ3) is 5.34. The van der Waals surface area contributed by atoms with Crippen LogP contribution in [0.25, 0.3) is 0 Å². The number of hydrogen-bond donors (Lipinski definition) is 2. The molecule has 2 heterocycles. The van der Waals surface area contributed by atoms with E-state index in [4.69, 9.17) is 4.99 Å². The van der Waals surface area contributed by atoms with Crippen LogP contribution in [0.2, 0.25) is 0 Å². The van der Waals surface area contributed by atoms with Crippen molar-refractivity contribution in [2.75, 3.05) is 44.2 Å². The lowest BCUT2D eigenvalue weighted by Crippen LogP contribution is -2.53. The van der Waals surface area contributed by atoms with Gasteiger partial charge < -0.3 is 24.8 Å². The number of nitrogens with zero attached hydrogens (tertiary/aromatic N) is 5.